The molecule has 0 radical (unpaired) electrons. The molecule has 6 heteroatoms. The van der Waals surface area contributed by atoms with Gasteiger partial charge in [-0.1, -0.05) is 18.2 Å². The van der Waals surface area contributed by atoms with Crippen molar-refractivity contribution in [2.24, 2.45) is 5.10 Å². The standard InChI is InChI=1S/C17H18N2O4/c1-21-15-8-9-16(22-2)13(10-15)11-18-19-17(20)12-23-14-6-4-3-5-7-14/h3-11H,12H2,1-2H3,(H,19,20). The van der Waals surface area contributed by atoms with Gasteiger partial charge in [0, 0.05) is 5.56 Å². The van der Waals surface area contributed by atoms with Gasteiger partial charge in [-0.2, -0.15) is 5.10 Å². The zero-order valence-electron chi connectivity index (χ0n) is 13.0. The zero-order valence-corrected chi connectivity index (χ0v) is 13.0. The Balaban J connectivity index is 1.89. The summed E-state index contributed by atoms with van der Waals surface area (Å²) in [4.78, 5) is 11.7. The molecular weight excluding hydrogens is 296 g/mol. The summed E-state index contributed by atoms with van der Waals surface area (Å²) >= 11 is 0. The van der Waals surface area contributed by atoms with Crippen molar-refractivity contribution in [2.45, 2.75) is 0 Å². The third kappa shape index (κ3) is 5.03. The van der Waals surface area contributed by atoms with Crippen LogP contribution in [0.1, 0.15) is 5.56 Å². The summed E-state index contributed by atoms with van der Waals surface area (Å²) in [6.07, 6.45) is 1.49. The minimum absolute atomic E-state index is 0.114. The van der Waals surface area contributed by atoms with Crippen LogP contribution in [0.15, 0.2) is 53.6 Å². The Morgan fingerprint density at radius 1 is 1.09 bits per heavy atom. The Morgan fingerprint density at radius 3 is 2.57 bits per heavy atom. The van der Waals surface area contributed by atoms with Crippen molar-refractivity contribution < 1.29 is 19.0 Å². The number of nitrogens with zero attached hydrogens (tertiary/aromatic N) is 1. The van der Waals surface area contributed by atoms with E-state index < -0.39 is 0 Å². The lowest BCUT2D eigenvalue weighted by atomic mass is 10.2. The normalized spacial score (nSPS) is 10.3. The highest BCUT2D eigenvalue weighted by Gasteiger charge is 2.04. The van der Waals surface area contributed by atoms with Crippen LogP contribution in [0.5, 0.6) is 17.2 Å². The predicted octanol–water partition coefficient (Wildman–Crippen LogP) is 2.23. The number of methoxy groups -OCH3 is 2. The second kappa shape index (κ2) is 8.43. The Hall–Kier alpha value is -3.02. The van der Waals surface area contributed by atoms with Crippen LogP contribution in [0.4, 0.5) is 0 Å². The highest BCUT2D eigenvalue weighted by molar-refractivity contribution is 5.86. The topological polar surface area (TPSA) is 69.2 Å². The van der Waals surface area contributed by atoms with Gasteiger partial charge in [0.25, 0.3) is 5.91 Å². The average molecular weight is 314 g/mol. The first kappa shape index (κ1) is 16.4. The van der Waals surface area contributed by atoms with E-state index >= 15 is 0 Å². The number of hydrazone groups is 1. The number of amides is 1. The SMILES string of the molecule is COc1ccc(OC)c(C=NNC(=O)COc2ccccc2)c1. The molecule has 0 saturated heterocycles. The third-order valence-corrected chi connectivity index (χ3v) is 2.94. The number of carbonyl (C=O) groups is 1. The molecule has 0 aliphatic carbocycles. The van der Waals surface area contributed by atoms with Crippen molar-refractivity contribution in [3.8, 4) is 17.2 Å². The Labute approximate surface area is 134 Å². The molecule has 1 N–H and O–H groups in total. The van der Waals surface area contributed by atoms with Gasteiger partial charge in [0.1, 0.15) is 17.2 Å². The second-order valence-corrected chi connectivity index (χ2v) is 4.50. The van der Waals surface area contributed by atoms with Crippen LogP contribution in [0.2, 0.25) is 0 Å². The number of hydrogen-bond donors (Lipinski definition) is 1. The molecule has 0 atom stereocenters. The van der Waals surface area contributed by atoms with Crippen LogP contribution in [-0.2, 0) is 4.79 Å². The Bertz CT molecular complexity index is 672. The van der Waals surface area contributed by atoms with Crippen LogP contribution < -0.4 is 19.6 Å². The molecule has 6 nitrogen and oxygen atoms in total. The second-order valence-electron chi connectivity index (χ2n) is 4.50. The Kier molecular flexibility index (Phi) is 5.99. The fourth-order valence-corrected chi connectivity index (χ4v) is 1.81. The summed E-state index contributed by atoms with van der Waals surface area (Å²) in [6.45, 7) is -0.114. The van der Waals surface area contributed by atoms with E-state index in [1.807, 2.05) is 18.2 Å². The van der Waals surface area contributed by atoms with E-state index in [2.05, 4.69) is 10.5 Å². The molecule has 0 unspecified atom stereocenters. The highest BCUT2D eigenvalue weighted by Crippen LogP contribution is 2.22. The van der Waals surface area contributed by atoms with E-state index in [4.69, 9.17) is 14.2 Å². The van der Waals surface area contributed by atoms with Crippen LogP contribution in [0.3, 0.4) is 0 Å². The molecule has 23 heavy (non-hydrogen) atoms. The lowest BCUT2D eigenvalue weighted by Gasteiger charge is -2.07. The largest absolute Gasteiger partial charge is 0.497 e. The quantitative estimate of drug-likeness (QED) is 0.628. The van der Waals surface area contributed by atoms with Gasteiger partial charge >= 0.3 is 0 Å². The van der Waals surface area contributed by atoms with Crippen molar-refractivity contribution >= 4 is 12.1 Å². The molecule has 0 saturated carbocycles. The summed E-state index contributed by atoms with van der Waals surface area (Å²) in [7, 11) is 3.14. The van der Waals surface area contributed by atoms with E-state index in [9.17, 15) is 4.79 Å². The van der Waals surface area contributed by atoms with Crippen molar-refractivity contribution in [2.75, 3.05) is 20.8 Å². The summed E-state index contributed by atoms with van der Waals surface area (Å²) in [5, 5.41) is 3.90. The smallest absolute Gasteiger partial charge is 0.277 e. The fraction of sp³-hybridized carbons (Fsp3) is 0.176. The van der Waals surface area contributed by atoms with Crippen molar-refractivity contribution in [1.82, 2.24) is 5.43 Å². The van der Waals surface area contributed by atoms with Crippen molar-refractivity contribution in [3.63, 3.8) is 0 Å². The molecule has 0 heterocycles. The average Bonchev–Trinajstić information content (AvgIpc) is 2.60. The molecule has 0 aliphatic heterocycles. The summed E-state index contributed by atoms with van der Waals surface area (Å²) in [5.74, 6) is 1.57. The number of ether oxygens (including phenoxy) is 3. The molecule has 0 aromatic heterocycles. The number of rotatable bonds is 7. The number of benzene rings is 2. The van der Waals surface area contributed by atoms with Gasteiger partial charge < -0.3 is 14.2 Å². The lowest BCUT2D eigenvalue weighted by molar-refractivity contribution is -0.123. The third-order valence-electron chi connectivity index (χ3n) is 2.94. The summed E-state index contributed by atoms with van der Waals surface area (Å²) in [5.41, 5.74) is 3.09. The number of nitrogens with one attached hydrogen (secondary N) is 1. The van der Waals surface area contributed by atoms with Gasteiger partial charge in [-0.05, 0) is 30.3 Å². The number of hydrogen-bond acceptors (Lipinski definition) is 5. The first-order valence-corrected chi connectivity index (χ1v) is 6.94. The van der Waals surface area contributed by atoms with E-state index in [0.717, 1.165) is 0 Å². The van der Waals surface area contributed by atoms with Crippen LogP contribution in [0.25, 0.3) is 0 Å². The molecule has 2 aromatic rings. The minimum Gasteiger partial charge on any atom is -0.497 e. The maximum Gasteiger partial charge on any atom is 0.277 e. The first-order valence-electron chi connectivity index (χ1n) is 6.94. The van der Waals surface area contributed by atoms with E-state index in [1.165, 1.54) is 6.21 Å². The fourth-order valence-electron chi connectivity index (χ4n) is 1.81. The number of para-hydroxylation sites is 1. The van der Waals surface area contributed by atoms with E-state index in [0.29, 0.717) is 22.8 Å². The molecule has 0 spiro atoms. The molecular formula is C17H18N2O4. The van der Waals surface area contributed by atoms with Crippen molar-refractivity contribution in [3.05, 3.63) is 54.1 Å². The van der Waals surface area contributed by atoms with Gasteiger partial charge in [0.2, 0.25) is 0 Å². The molecule has 0 fully saturated rings. The Morgan fingerprint density at radius 2 is 1.87 bits per heavy atom. The minimum atomic E-state index is -0.355. The molecule has 0 bridgehead atoms. The summed E-state index contributed by atoms with van der Waals surface area (Å²) in [6, 6.07) is 14.4. The lowest BCUT2D eigenvalue weighted by Crippen LogP contribution is -2.24. The molecule has 1 amide bonds. The zero-order chi connectivity index (χ0) is 16.5. The molecule has 2 aromatic carbocycles. The van der Waals surface area contributed by atoms with Gasteiger partial charge in [0.05, 0.1) is 20.4 Å². The van der Waals surface area contributed by atoms with Crippen molar-refractivity contribution in [1.29, 1.82) is 0 Å². The maximum atomic E-state index is 11.7. The van der Waals surface area contributed by atoms with Crippen LogP contribution in [-0.4, -0.2) is 32.9 Å². The first-order chi connectivity index (χ1) is 11.2. The van der Waals surface area contributed by atoms with Crippen LogP contribution in [0, 0.1) is 0 Å². The summed E-state index contributed by atoms with van der Waals surface area (Å²) < 4.78 is 15.7. The van der Waals surface area contributed by atoms with E-state index in [1.54, 1.807) is 44.6 Å². The molecule has 0 aliphatic rings. The molecule has 2 rings (SSSR count). The van der Waals surface area contributed by atoms with Gasteiger partial charge in [0.15, 0.2) is 6.61 Å². The highest BCUT2D eigenvalue weighted by atomic mass is 16.5. The van der Waals surface area contributed by atoms with Gasteiger partial charge in [-0.3, -0.25) is 4.79 Å². The maximum absolute atomic E-state index is 11.7. The van der Waals surface area contributed by atoms with Gasteiger partial charge in [-0.15, -0.1) is 0 Å². The monoisotopic (exact) mass is 314 g/mol. The van der Waals surface area contributed by atoms with Gasteiger partial charge in [-0.25, -0.2) is 5.43 Å². The number of carbonyl (C=O) groups excluding carboxylic acids is 1. The van der Waals surface area contributed by atoms with E-state index in [-0.39, 0.29) is 12.5 Å². The molecule has 120 valence electrons. The van der Waals surface area contributed by atoms with Crippen LogP contribution >= 0.6 is 0 Å². The predicted molar refractivity (Wildman–Crippen MR) is 87.2 cm³/mol.